The van der Waals surface area contributed by atoms with Crippen LogP contribution < -0.4 is 21.5 Å². The number of hydrogen-bond acceptors (Lipinski definition) is 5. The molecular weight excluding hydrogens is 498 g/mol. The van der Waals surface area contributed by atoms with Gasteiger partial charge in [-0.25, -0.2) is 0 Å². The van der Waals surface area contributed by atoms with Crippen LogP contribution in [0.5, 0.6) is 0 Å². The Morgan fingerprint density at radius 3 is 2.56 bits per heavy atom. The van der Waals surface area contributed by atoms with E-state index in [9.17, 15) is 27.6 Å². The molecule has 0 saturated carbocycles. The number of aromatic nitrogens is 2. The summed E-state index contributed by atoms with van der Waals surface area (Å²) in [6.45, 7) is 0. The molecule has 34 heavy (non-hydrogen) atoms. The first-order valence-corrected chi connectivity index (χ1v) is 10.4. The van der Waals surface area contributed by atoms with Crippen molar-refractivity contribution in [3.05, 3.63) is 74.0 Å². The first-order valence-electron chi connectivity index (χ1n) is 9.65. The van der Waals surface area contributed by atoms with Gasteiger partial charge in [-0.2, -0.15) is 18.2 Å². The number of nitrogens with zero attached hydrogens (tertiary/aromatic N) is 1. The second-order valence-corrected chi connectivity index (χ2v) is 8.14. The molecule has 0 bridgehead atoms. The summed E-state index contributed by atoms with van der Waals surface area (Å²) >= 11 is 11.5. The molecule has 1 atom stereocenters. The fourth-order valence-electron chi connectivity index (χ4n) is 3.41. The Morgan fingerprint density at radius 2 is 1.85 bits per heavy atom. The summed E-state index contributed by atoms with van der Waals surface area (Å²) in [4.78, 5) is 44.5. The Bertz CT molecular complexity index is 1360. The number of benzene rings is 2. The van der Waals surface area contributed by atoms with Crippen molar-refractivity contribution < 1.29 is 22.8 Å². The van der Waals surface area contributed by atoms with E-state index in [-0.39, 0.29) is 23.0 Å². The molecule has 1 aliphatic rings. The van der Waals surface area contributed by atoms with Crippen LogP contribution in [0.15, 0.2) is 47.3 Å². The highest BCUT2D eigenvalue weighted by molar-refractivity contribution is 6.31. The first-order chi connectivity index (χ1) is 16.0. The number of halogens is 5. The van der Waals surface area contributed by atoms with Gasteiger partial charge >= 0.3 is 6.18 Å². The van der Waals surface area contributed by atoms with E-state index in [1.54, 1.807) is 24.3 Å². The minimum Gasteiger partial charge on any atom is -0.326 e. The molecule has 8 nitrogen and oxygen atoms in total. The monoisotopic (exact) mass is 511 g/mol. The Morgan fingerprint density at radius 1 is 1.09 bits per heavy atom. The number of amides is 2. The highest BCUT2D eigenvalue weighted by Gasteiger charge is 2.36. The maximum Gasteiger partial charge on any atom is 0.417 e. The molecule has 0 saturated heterocycles. The standard InChI is InChI=1S/C21H14Cl2F3N5O3/c22-9-2-1-3-10(6-9)28-20-30-17-16(19(34)31-20)12(8-15(32)29-17)18(33)27-11-4-5-14(23)13(7-11)21(24,25)26/h1-7,12H,8H2,(H,27,33)(H3,28,29,30,31,32,34). The number of hydrogen-bond donors (Lipinski definition) is 4. The Labute approximate surface area is 199 Å². The Balaban J connectivity index is 1.63. The van der Waals surface area contributed by atoms with E-state index < -0.39 is 46.5 Å². The molecule has 0 fully saturated rings. The fourth-order valence-corrected chi connectivity index (χ4v) is 3.82. The summed E-state index contributed by atoms with van der Waals surface area (Å²) in [6.07, 6.45) is -5.13. The molecule has 1 aromatic heterocycles. The normalized spacial score (nSPS) is 15.3. The molecule has 4 N–H and O–H groups in total. The first kappa shape index (κ1) is 23.6. The molecule has 0 aliphatic carbocycles. The largest absolute Gasteiger partial charge is 0.417 e. The van der Waals surface area contributed by atoms with Gasteiger partial charge in [0.05, 0.1) is 22.1 Å². The minimum absolute atomic E-state index is 0.0140. The number of rotatable bonds is 4. The summed E-state index contributed by atoms with van der Waals surface area (Å²) in [5, 5.41) is 7.49. The average Bonchev–Trinajstić information content (AvgIpc) is 2.73. The maximum absolute atomic E-state index is 13.1. The van der Waals surface area contributed by atoms with Crippen molar-refractivity contribution >= 4 is 58.2 Å². The average molecular weight is 512 g/mol. The number of alkyl halides is 3. The summed E-state index contributed by atoms with van der Waals surface area (Å²) in [5.41, 5.74) is -1.65. The van der Waals surface area contributed by atoms with E-state index in [2.05, 4.69) is 25.9 Å². The van der Waals surface area contributed by atoms with E-state index in [1.807, 2.05) is 0 Å². The summed E-state index contributed by atoms with van der Waals surface area (Å²) in [5.74, 6) is -2.89. The molecule has 1 unspecified atom stereocenters. The van der Waals surface area contributed by atoms with Gasteiger partial charge in [0.1, 0.15) is 5.82 Å². The van der Waals surface area contributed by atoms with Crippen LogP contribution in [0, 0.1) is 0 Å². The quantitative estimate of drug-likeness (QED) is 0.397. The van der Waals surface area contributed by atoms with Crippen LogP contribution in [0.2, 0.25) is 10.0 Å². The van der Waals surface area contributed by atoms with Crippen molar-refractivity contribution in [2.45, 2.75) is 18.5 Å². The summed E-state index contributed by atoms with van der Waals surface area (Å²) in [6, 6.07) is 9.41. The van der Waals surface area contributed by atoms with Crippen LogP contribution in [0.1, 0.15) is 23.5 Å². The number of nitrogens with one attached hydrogen (secondary N) is 4. The van der Waals surface area contributed by atoms with Gasteiger partial charge in [-0.1, -0.05) is 29.3 Å². The third-order valence-electron chi connectivity index (χ3n) is 4.89. The molecule has 13 heteroatoms. The van der Waals surface area contributed by atoms with Crippen LogP contribution in [-0.4, -0.2) is 21.8 Å². The smallest absolute Gasteiger partial charge is 0.326 e. The summed E-state index contributed by atoms with van der Waals surface area (Å²) < 4.78 is 39.4. The van der Waals surface area contributed by atoms with Gasteiger partial charge in [0.15, 0.2) is 0 Å². The molecule has 0 radical (unpaired) electrons. The molecule has 2 amide bonds. The van der Waals surface area contributed by atoms with Crippen molar-refractivity contribution in [1.29, 1.82) is 0 Å². The van der Waals surface area contributed by atoms with Gasteiger partial charge < -0.3 is 16.0 Å². The number of H-pyrrole nitrogens is 1. The number of carbonyl (C=O) groups is 2. The van der Waals surface area contributed by atoms with Gasteiger partial charge in [-0.05, 0) is 36.4 Å². The van der Waals surface area contributed by atoms with Gasteiger partial charge in [0, 0.05) is 22.8 Å². The third-order valence-corrected chi connectivity index (χ3v) is 5.46. The zero-order chi connectivity index (χ0) is 24.6. The molecule has 4 rings (SSSR count). The fraction of sp³-hybridized carbons (Fsp3) is 0.143. The second kappa shape index (κ2) is 8.99. The zero-order valence-corrected chi connectivity index (χ0v) is 18.4. The number of aromatic amines is 1. The molecule has 0 spiro atoms. The molecule has 1 aliphatic heterocycles. The van der Waals surface area contributed by atoms with E-state index in [0.29, 0.717) is 16.8 Å². The summed E-state index contributed by atoms with van der Waals surface area (Å²) in [7, 11) is 0. The number of carbonyl (C=O) groups excluding carboxylic acids is 2. The molecular formula is C21H14Cl2F3N5O3. The number of anilines is 4. The van der Waals surface area contributed by atoms with Crippen LogP contribution in [0.25, 0.3) is 0 Å². The molecule has 3 aromatic rings. The number of fused-ring (bicyclic) bond motifs is 1. The molecule has 2 heterocycles. The van der Waals surface area contributed by atoms with Crippen molar-refractivity contribution in [3.63, 3.8) is 0 Å². The SMILES string of the molecule is O=C1CC(C(=O)Nc2ccc(Cl)c(C(F)(F)F)c2)c2c(nc(Nc3cccc(Cl)c3)[nH]c2=O)N1. The third kappa shape index (κ3) is 5.00. The highest BCUT2D eigenvalue weighted by atomic mass is 35.5. The maximum atomic E-state index is 13.1. The van der Waals surface area contributed by atoms with E-state index >= 15 is 0 Å². The molecule has 176 valence electrons. The van der Waals surface area contributed by atoms with E-state index in [0.717, 1.165) is 6.07 Å². The van der Waals surface area contributed by atoms with Crippen molar-refractivity contribution in [2.24, 2.45) is 0 Å². The van der Waals surface area contributed by atoms with E-state index in [1.165, 1.54) is 6.07 Å². The van der Waals surface area contributed by atoms with Crippen molar-refractivity contribution in [2.75, 3.05) is 16.0 Å². The zero-order valence-electron chi connectivity index (χ0n) is 16.9. The minimum atomic E-state index is -4.73. The lowest BCUT2D eigenvalue weighted by Gasteiger charge is -2.24. The Kier molecular flexibility index (Phi) is 6.24. The second-order valence-electron chi connectivity index (χ2n) is 7.30. The lowest BCUT2D eigenvalue weighted by Crippen LogP contribution is -2.36. The van der Waals surface area contributed by atoms with Gasteiger partial charge in [0.2, 0.25) is 17.8 Å². The highest BCUT2D eigenvalue weighted by Crippen LogP contribution is 2.37. The van der Waals surface area contributed by atoms with Gasteiger partial charge in [-0.15, -0.1) is 0 Å². The topological polar surface area (TPSA) is 116 Å². The van der Waals surface area contributed by atoms with Crippen LogP contribution >= 0.6 is 23.2 Å². The van der Waals surface area contributed by atoms with Gasteiger partial charge in [0.25, 0.3) is 5.56 Å². The van der Waals surface area contributed by atoms with Crippen LogP contribution in [0.4, 0.5) is 36.3 Å². The van der Waals surface area contributed by atoms with Crippen molar-refractivity contribution in [3.8, 4) is 0 Å². The van der Waals surface area contributed by atoms with Crippen LogP contribution in [0.3, 0.4) is 0 Å². The van der Waals surface area contributed by atoms with Crippen molar-refractivity contribution in [1.82, 2.24) is 9.97 Å². The molecule has 2 aromatic carbocycles. The predicted molar refractivity (Wildman–Crippen MR) is 121 cm³/mol. The Hall–Kier alpha value is -3.57. The lowest BCUT2D eigenvalue weighted by atomic mass is 9.92. The predicted octanol–water partition coefficient (Wildman–Crippen LogP) is 4.90. The lowest BCUT2D eigenvalue weighted by molar-refractivity contribution is -0.137. The van der Waals surface area contributed by atoms with Crippen LogP contribution in [-0.2, 0) is 15.8 Å². The van der Waals surface area contributed by atoms with Gasteiger partial charge in [-0.3, -0.25) is 19.4 Å². The van der Waals surface area contributed by atoms with E-state index in [4.69, 9.17) is 23.2 Å².